The number of nitrogens with one attached hydrogen (secondary N) is 1. The van der Waals surface area contributed by atoms with Crippen molar-refractivity contribution in [2.45, 2.75) is 71.3 Å². The summed E-state index contributed by atoms with van der Waals surface area (Å²) in [6.07, 6.45) is 11.4. The molecule has 2 atom stereocenters. The van der Waals surface area contributed by atoms with Crippen LogP contribution in [0.4, 0.5) is 0 Å². The van der Waals surface area contributed by atoms with E-state index in [0.29, 0.717) is 0 Å². The van der Waals surface area contributed by atoms with E-state index in [1.54, 1.807) is 0 Å². The Morgan fingerprint density at radius 1 is 1.11 bits per heavy atom. The van der Waals surface area contributed by atoms with Gasteiger partial charge in [-0.25, -0.2) is 0 Å². The Labute approximate surface area is 120 Å². The molecular formula is C17H34N2. The van der Waals surface area contributed by atoms with Gasteiger partial charge in [-0.3, -0.25) is 0 Å². The van der Waals surface area contributed by atoms with Crippen LogP contribution >= 0.6 is 0 Å². The Morgan fingerprint density at radius 2 is 1.89 bits per heavy atom. The van der Waals surface area contributed by atoms with Crippen molar-refractivity contribution >= 4 is 0 Å². The molecule has 1 N–H and O–H groups in total. The zero-order chi connectivity index (χ0) is 13.5. The molecule has 2 heteroatoms. The highest BCUT2D eigenvalue weighted by Gasteiger charge is 2.29. The van der Waals surface area contributed by atoms with Gasteiger partial charge < -0.3 is 10.2 Å². The maximum atomic E-state index is 3.84. The molecule has 1 aliphatic heterocycles. The van der Waals surface area contributed by atoms with Gasteiger partial charge >= 0.3 is 0 Å². The molecule has 1 saturated heterocycles. The summed E-state index contributed by atoms with van der Waals surface area (Å²) in [4.78, 5) is 2.74. The lowest BCUT2D eigenvalue weighted by molar-refractivity contribution is 0.234. The van der Waals surface area contributed by atoms with Crippen molar-refractivity contribution in [3.05, 3.63) is 0 Å². The molecule has 112 valence electrons. The van der Waals surface area contributed by atoms with Crippen molar-refractivity contribution in [1.82, 2.24) is 10.2 Å². The van der Waals surface area contributed by atoms with Crippen LogP contribution in [0.25, 0.3) is 0 Å². The molecule has 2 rings (SSSR count). The highest BCUT2D eigenvalue weighted by molar-refractivity contribution is 4.86. The van der Waals surface area contributed by atoms with Gasteiger partial charge in [-0.15, -0.1) is 0 Å². The first-order chi connectivity index (χ1) is 9.33. The fourth-order valence-electron chi connectivity index (χ4n) is 4.07. The summed E-state index contributed by atoms with van der Waals surface area (Å²) in [5, 5.41) is 3.84. The molecule has 0 aromatic heterocycles. The van der Waals surface area contributed by atoms with Crippen LogP contribution in [-0.4, -0.2) is 37.1 Å². The Kier molecular flexibility index (Phi) is 6.66. The molecule has 0 spiro atoms. The summed E-state index contributed by atoms with van der Waals surface area (Å²) in [5.74, 6) is 1.94. The van der Waals surface area contributed by atoms with Crippen molar-refractivity contribution < 1.29 is 0 Å². The van der Waals surface area contributed by atoms with Gasteiger partial charge in [0.1, 0.15) is 0 Å². The lowest BCUT2D eigenvalue weighted by atomic mass is 9.97. The number of hydrogen-bond donors (Lipinski definition) is 1. The molecule has 0 aromatic rings. The molecule has 2 fully saturated rings. The first kappa shape index (κ1) is 15.3. The summed E-state index contributed by atoms with van der Waals surface area (Å²) in [6, 6.07) is 0.767. The van der Waals surface area contributed by atoms with Gasteiger partial charge in [0.05, 0.1) is 0 Å². The SMILES string of the molecule is CCCNC(CN1CCC(CCC)C1)C1CCCC1. The Hall–Kier alpha value is -0.0800. The van der Waals surface area contributed by atoms with E-state index in [-0.39, 0.29) is 0 Å². The minimum atomic E-state index is 0.767. The minimum Gasteiger partial charge on any atom is -0.312 e. The van der Waals surface area contributed by atoms with Crippen molar-refractivity contribution in [2.24, 2.45) is 11.8 Å². The molecule has 1 saturated carbocycles. The number of nitrogens with zero attached hydrogens (tertiary/aromatic N) is 1. The van der Waals surface area contributed by atoms with E-state index in [0.717, 1.165) is 17.9 Å². The highest BCUT2D eigenvalue weighted by Crippen LogP contribution is 2.29. The summed E-state index contributed by atoms with van der Waals surface area (Å²) in [7, 11) is 0. The van der Waals surface area contributed by atoms with E-state index < -0.39 is 0 Å². The molecule has 19 heavy (non-hydrogen) atoms. The van der Waals surface area contributed by atoms with Crippen LogP contribution in [0.1, 0.15) is 65.2 Å². The zero-order valence-corrected chi connectivity index (χ0v) is 13.2. The lowest BCUT2D eigenvalue weighted by Crippen LogP contribution is -2.44. The van der Waals surface area contributed by atoms with Gasteiger partial charge in [-0.2, -0.15) is 0 Å². The molecule has 1 heterocycles. The van der Waals surface area contributed by atoms with Crippen molar-refractivity contribution in [3.8, 4) is 0 Å². The third kappa shape index (κ3) is 4.75. The van der Waals surface area contributed by atoms with Crippen LogP contribution in [0, 0.1) is 11.8 Å². The largest absolute Gasteiger partial charge is 0.312 e. The maximum absolute atomic E-state index is 3.84. The average molecular weight is 266 g/mol. The predicted octanol–water partition coefficient (Wildman–Crippen LogP) is 3.67. The fraction of sp³-hybridized carbons (Fsp3) is 1.00. The first-order valence-electron chi connectivity index (χ1n) is 8.79. The normalized spacial score (nSPS) is 27.2. The molecular weight excluding hydrogens is 232 g/mol. The Bertz CT molecular complexity index is 235. The van der Waals surface area contributed by atoms with Gasteiger partial charge in [-0.1, -0.05) is 33.1 Å². The lowest BCUT2D eigenvalue weighted by Gasteiger charge is -2.29. The van der Waals surface area contributed by atoms with Gasteiger partial charge in [0, 0.05) is 19.1 Å². The number of rotatable bonds is 8. The smallest absolute Gasteiger partial charge is 0.0223 e. The van der Waals surface area contributed by atoms with Crippen LogP contribution < -0.4 is 5.32 Å². The average Bonchev–Trinajstić information content (AvgIpc) is 3.06. The van der Waals surface area contributed by atoms with E-state index in [1.807, 2.05) is 0 Å². The van der Waals surface area contributed by atoms with E-state index in [1.165, 1.54) is 77.5 Å². The summed E-state index contributed by atoms with van der Waals surface area (Å²) >= 11 is 0. The fourth-order valence-corrected chi connectivity index (χ4v) is 4.07. The van der Waals surface area contributed by atoms with Crippen molar-refractivity contribution in [1.29, 1.82) is 0 Å². The Morgan fingerprint density at radius 3 is 2.58 bits per heavy atom. The van der Waals surface area contributed by atoms with Crippen LogP contribution in [0.5, 0.6) is 0 Å². The Balaban J connectivity index is 1.78. The number of likely N-dealkylation sites (tertiary alicyclic amines) is 1. The summed E-state index contributed by atoms with van der Waals surface area (Å²) in [5.41, 5.74) is 0. The molecule has 2 unspecified atom stereocenters. The van der Waals surface area contributed by atoms with Crippen molar-refractivity contribution in [3.63, 3.8) is 0 Å². The zero-order valence-electron chi connectivity index (χ0n) is 13.2. The van der Waals surface area contributed by atoms with Crippen LogP contribution in [-0.2, 0) is 0 Å². The molecule has 0 aromatic carbocycles. The third-order valence-corrected chi connectivity index (χ3v) is 5.15. The quantitative estimate of drug-likeness (QED) is 0.721. The molecule has 1 aliphatic carbocycles. The maximum Gasteiger partial charge on any atom is 0.0223 e. The van der Waals surface area contributed by atoms with Crippen LogP contribution in [0.3, 0.4) is 0 Å². The second-order valence-corrected chi connectivity index (χ2v) is 6.81. The first-order valence-corrected chi connectivity index (χ1v) is 8.79. The van der Waals surface area contributed by atoms with E-state index in [9.17, 15) is 0 Å². The molecule has 0 bridgehead atoms. The third-order valence-electron chi connectivity index (χ3n) is 5.15. The van der Waals surface area contributed by atoms with Crippen molar-refractivity contribution in [2.75, 3.05) is 26.2 Å². The highest BCUT2D eigenvalue weighted by atomic mass is 15.2. The molecule has 0 amide bonds. The van der Waals surface area contributed by atoms with Gasteiger partial charge in [0.15, 0.2) is 0 Å². The monoisotopic (exact) mass is 266 g/mol. The minimum absolute atomic E-state index is 0.767. The van der Waals surface area contributed by atoms with Gasteiger partial charge in [0.25, 0.3) is 0 Å². The molecule has 2 nitrogen and oxygen atoms in total. The van der Waals surface area contributed by atoms with Crippen LogP contribution in [0.2, 0.25) is 0 Å². The predicted molar refractivity (Wildman–Crippen MR) is 83.5 cm³/mol. The van der Waals surface area contributed by atoms with E-state index in [2.05, 4.69) is 24.1 Å². The summed E-state index contributed by atoms with van der Waals surface area (Å²) < 4.78 is 0. The summed E-state index contributed by atoms with van der Waals surface area (Å²) in [6.45, 7) is 9.84. The second-order valence-electron chi connectivity index (χ2n) is 6.81. The van der Waals surface area contributed by atoms with Gasteiger partial charge in [-0.05, 0) is 57.0 Å². The van der Waals surface area contributed by atoms with Crippen LogP contribution in [0.15, 0.2) is 0 Å². The van der Waals surface area contributed by atoms with E-state index >= 15 is 0 Å². The molecule has 0 radical (unpaired) electrons. The molecule has 2 aliphatic rings. The topological polar surface area (TPSA) is 15.3 Å². The second kappa shape index (κ2) is 8.26. The number of hydrogen-bond acceptors (Lipinski definition) is 2. The standard InChI is InChI=1S/C17H34N2/c1-3-7-15-10-12-19(13-15)14-17(18-11-4-2)16-8-5-6-9-16/h15-18H,3-14H2,1-2H3. The van der Waals surface area contributed by atoms with Gasteiger partial charge in [0.2, 0.25) is 0 Å². The van der Waals surface area contributed by atoms with E-state index in [4.69, 9.17) is 0 Å².